The summed E-state index contributed by atoms with van der Waals surface area (Å²) in [5.74, 6) is 1.20. The van der Waals surface area contributed by atoms with Gasteiger partial charge in [0.25, 0.3) is 0 Å². The van der Waals surface area contributed by atoms with Crippen molar-refractivity contribution in [2.45, 2.75) is 45.4 Å². The Morgan fingerprint density at radius 2 is 1.63 bits per heavy atom. The zero-order valence-corrected chi connectivity index (χ0v) is 18.1. The molecule has 7 heteroatoms. The molecule has 4 aliphatic carbocycles. The van der Waals surface area contributed by atoms with Crippen molar-refractivity contribution in [3.05, 3.63) is 40.8 Å². The summed E-state index contributed by atoms with van der Waals surface area (Å²) in [5.41, 5.74) is 1.51. The Kier molecular flexibility index (Phi) is 5.86. The predicted octanol–water partition coefficient (Wildman–Crippen LogP) is 3.21. The standard InChI is InChI=1S/C23H29NO5S/c1-16-2-4-17(5-3-16)6-7-30(27,28)24-14-22(26)29-15-21(25)23-11-18-8-19(12-23)10-20(9-18)13-23/h2-7,18-20,24H,8-15H2,1H3. The Balaban J connectivity index is 1.25. The number of carbonyl (C=O) groups is 2. The second-order valence-corrected chi connectivity index (χ2v) is 11.0. The molecule has 0 aliphatic heterocycles. The van der Waals surface area contributed by atoms with E-state index in [-0.39, 0.29) is 17.8 Å². The van der Waals surface area contributed by atoms with Gasteiger partial charge >= 0.3 is 5.97 Å². The van der Waals surface area contributed by atoms with Crippen molar-refractivity contribution in [2.75, 3.05) is 13.2 Å². The number of ether oxygens (including phenoxy) is 1. The van der Waals surface area contributed by atoms with Crippen LogP contribution in [0.15, 0.2) is 29.7 Å². The molecule has 4 aliphatic rings. The molecule has 0 saturated heterocycles. The first-order valence-corrected chi connectivity index (χ1v) is 12.2. The molecule has 1 aromatic carbocycles. The molecule has 4 bridgehead atoms. The molecule has 0 amide bonds. The highest BCUT2D eigenvalue weighted by molar-refractivity contribution is 7.92. The van der Waals surface area contributed by atoms with Crippen LogP contribution in [0.5, 0.6) is 0 Å². The zero-order valence-electron chi connectivity index (χ0n) is 17.3. The van der Waals surface area contributed by atoms with Gasteiger partial charge in [-0.25, -0.2) is 13.1 Å². The van der Waals surface area contributed by atoms with E-state index < -0.39 is 22.5 Å². The maximum atomic E-state index is 12.9. The van der Waals surface area contributed by atoms with Gasteiger partial charge in [-0.3, -0.25) is 9.59 Å². The van der Waals surface area contributed by atoms with E-state index in [0.29, 0.717) is 17.8 Å². The Bertz CT molecular complexity index is 913. The van der Waals surface area contributed by atoms with E-state index in [1.54, 1.807) is 0 Å². The number of esters is 1. The van der Waals surface area contributed by atoms with Crippen LogP contribution in [0.25, 0.3) is 6.08 Å². The first-order valence-electron chi connectivity index (χ1n) is 10.7. The minimum Gasteiger partial charge on any atom is -0.457 e. The molecule has 6 nitrogen and oxygen atoms in total. The third kappa shape index (κ3) is 4.83. The van der Waals surface area contributed by atoms with Crippen LogP contribution < -0.4 is 4.72 Å². The molecule has 162 valence electrons. The third-order valence-corrected chi connectivity index (χ3v) is 7.97. The molecule has 0 heterocycles. The predicted molar refractivity (Wildman–Crippen MR) is 114 cm³/mol. The van der Waals surface area contributed by atoms with Crippen LogP contribution in [-0.2, 0) is 24.3 Å². The van der Waals surface area contributed by atoms with Crippen LogP contribution >= 0.6 is 0 Å². The number of benzene rings is 1. The Hall–Kier alpha value is -1.99. The zero-order chi connectivity index (χ0) is 21.4. The number of hydrogen-bond acceptors (Lipinski definition) is 5. The summed E-state index contributed by atoms with van der Waals surface area (Å²) in [6.07, 6.45) is 7.95. The van der Waals surface area contributed by atoms with E-state index in [4.69, 9.17) is 4.74 Å². The molecule has 4 fully saturated rings. The quantitative estimate of drug-likeness (QED) is 0.639. The van der Waals surface area contributed by atoms with Gasteiger partial charge in [0.1, 0.15) is 6.54 Å². The molecule has 0 spiro atoms. The number of carbonyl (C=O) groups excluding carboxylic acids is 2. The number of Topliss-reactive ketones (excluding diaryl/α,β-unsaturated/α-hetero) is 1. The molecule has 1 N–H and O–H groups in total. The first kappa shape index (κ1) is 21.2. The van der Waals surface area contributed by atoms with Gasteiger partial charge in [0.05, 0.1) is 0 Å². The van der Waals surface area contributed by atoms with Crippen LogP contribution in [0, 0.1) is 30.1 Å². The largest absolute Gasteiger partial charge is 0.457 e. The number of ketones is 1. The fraction of sp³-hybridized carbons (Fsp3) is 0.565. The van der Waals surface area contributed by atoms with Crippen molar-refractivity contribution in [3.63, 3.8) is 0 Å². The number of aryl methyl sites for hydroxylation is 1. The van der Waals surface area contributed by atoms with Gasteiger partial charge < -0.3 is 4.74 Å². The van der Waals surface area contributed by atoms with Gasteiger partial charge in [-0.05, 0) is 74.8 Å². The van der Waals surface area contributed by atoms with Crippen LogP contribution in [-0.4, -0.2) is 33.3 Å². The van der Waals surface area contributed by atoms with Gasteiger partial charge in [-0.1, -0.05) is 29.8 Å². The molecule has 5 rings (SSSR count). The minimum absolute atomic E-state index is 0.0112. The maximum Gasteiger partial charge on any atom is 0.321 e. The van der Waals surface area contributed by atoms with E-state index in [1.165, 1.54) is 25.3 Å². The highest BCUT2D eigenvalue weighted by Crippen LogP contribution is 2.60. The summed E-state index contributed by atoms with van der Waals surface area (Å²) in [4.78, 5) is 24.9. The van der Waals surface area contributed by atoms with Gasteiger partial charge in [0, 0.05) is 10.8 Å². The minimum atomic E-state index is -3.78. The number of nitrogens with one attached hydrogen (secondary N) is 1. The van der Waals surface area contributed by atoms with Gasteiger partial charge in [0.15, 0.2) is 12.4 Å². The lowest BCUT2D eigenvalue weighted by atomic mass is 9.48. The molecule has 0 unspecified atom stereocenters. The van der Waals surface area contributed by atoms with Gasteiger partial charge in [0.2, 0.25) is 10.0 Å². The van der Waals surface area contributed by atoms with Crippen LogP contribution in [0.1, 0.15) is 49.7 Å². The van der Waals surface area contributed by atoms with Crippen LogP contribution in [0.2, 0.25) is 0 Å². The fourth-order valence-corrected chi connectivity index (χ4v) is 6.61. The van der Waals surface area contributed by atoms with Crippen molar-refractivity contribution in [2.24, 2.45) is 23.2 Å². The van der Waals surface area contributed by atoms with E-state index >= 15 is 0 Å². The van der Waals surface area contributed by atoms with Crippen LogP contribution in [0.3, 0.4) is 0 Å². The molecule has 1 aromatic rings. The summed E-state index contributed by atoms with van der Waals surface area (Å²) < 4.78 is 31.5. The maximum absolute atomic E-state index is 12.9. The average Bonchev–Trinajstić information content (AvgIpc) is 2.69. The number of sulfonamides is 1. The molecule has 4 saturated carbocycles. The first-order chi connectivity index (χ1) is 14.2. The lowest BCUT2D eigenvalue weighted by molar-refractivity contribution is -0.157. The molecule has 0 atom stereocenters. The highest BCUT2D eigenvalue weighted by atomic mass is 32.2. The Morgan fingerprint density at radius 3 is 2.20 bits per heavy atom. The second-order valence-electron chi connectivity index (χ2n) is 9.36. The van der Waals surface area contributed by atoms with Gasteiger partial charge in [-0.15, -0.1) is 0 Å². The molecule has 0 aromatic heterocycles. The molecule has 0 radical (unpaired) electrons. The van der Waals surface area contributed by atoms with E-state index in [9.17, 15) is 18.0 Å². The topological polar surface area (TPSA) is 89.5 Å². The molecular formula is C23H29NO5S. The Labute approximate surface area is 178 Å². The smallest absolute Gasteiger partial charge is 0.321 e. The molecule has 30 heavy (non-hydrogen) atoms. The summed E-state index contributed by atoms with van der Waals surface area (Å²) in [7, 11) is -3.78. The van der Waals surface area contributed by atoms with Crippen molar-refractivity contribution in [1.29, 1.82) is 0 Å². The van der Waals surface area contributed by atoms with E-state index in [2.05, 4.69) is 4.72 Å². The monoisotopic (exact) mass is 431 g/mol. The van der Waals surface area contributed by atoms with Gasteiger partial charge in [-0.2, -0.15) is 0 Å². The van der Waals surface area contributed by atoms with Crippen molar-refractivity contribution >= 4 is 27.9 Å². The summed E-state index contributed by atoms with van der Waals surface area (Å²) in [6.45, 7) is 1.20. The lowest BCUT2D eigenvalue weighted by Gasteiger charge is -2.55. The van der Waals surface area contributed by atoms with Crippen molar-refractivity contribution < 1.29 is 22.7 Å². The van der Waals surface area contributed by atoms with Crippen molar-refractivity contribution in [3.8, 4) is 0 Å². The highest BCUT2D eigenvalue weighted by Gasteiger charge is 2.54. The lowest BCUT2D eigenvalue weighted by Crippen LogP contribution is -2.51. The second kappa shape index (κ2) is 8.27. The SMILES string of the molecule is Cc1ccc(C=CS(=O)(=O)NCC(=O)OCC(=O)C23CC4CC(CC(C4)C2)C3)cc1. The fourth-order valence-electron chi connectivity index (χ4n) is 5.86. The summed E-state index contributed by atoms with van der Waals surface area (Å²) >= 11 is 0. The summed E-state index contributed by atoms with van der Waals surface area (Å²) in [5, 5.41) is 1.02. The Morgan fingerprint density at radius 1 is 1.07 bits per heavy atom. The number of hydrogen-bond donors (Lipinski definition) is 1. The number of rotatable bonds is 8. The average molecular weight is 432 g/mol. The normalized spacial score (nSPS) is 30.0. The van der Waals surface area contributed by atoms with Crippen LogP contribution in [0.4, 0.5) is 0 Å². The third-order valence-electron chi connectivity index (χ3n) is 6.93. The molecular weight excluding hydrogens is 402 g/mol. The van der Waals surface area contributed by atoms with Crippen molar-refractivity contribution in [1.82, 2.24) is 4.72 Å². The van der Waals surface area contributed by atoms with E-state index in [1.807, 2.05) is 31.2 Å². The summed E-state index contributed by atoms with van der Waals surface area (Å²) in [6, 6.07) is 7.40. The van der Waals surface area contributed by atoms with E-state index in [0.717, 1.165) is 35.8 Å².